The van der Waals surface area contributed by atoms with Crippen molar-refractivity contribution in [2.24, 2.45) is 0 Å². The summed E-state index contributed by atoms with van der Waals surface area (Å²) in [6.45, 7) is 4.73. The number of amides is 1. The number of nitrogens with zero attached hydrogens (tertiary/aromatic N) is 1. The molecule has 4 nitrogen and oxygen atoms in total. The first kappa shape index (κ1) is 31.7. The third-order valence-corrected chi connectivity index (χ3v) is 2.10. The number of rotatable bonds is 4. The van der Waals surface area contributed by atoms with E-state index in [0.29, 0.717) is 5.75 Å². The molecule has 0 aliphatic heterocycles. The number of carbonyl (C=O) groups is 1. The van der Waals surface area contributed by atoms with Crippen LogP contribution in [0.1, 0.15) is 13.8 Å². The number of aromatic nitrogens is 1. The monoisotopic (exact) mass is 580 g/mol. The first-order chi connectivity index (χ1) is 8.65. The van der Waals surface area contributed by atoms with Gasteiger partial charge < -0.3 is 19.8 Å². The number of hydrogen-bond donors (Lipinski definition) is 1. The molecule has 1 N–H and O–H groups in total. The molecule has 1 aromatic heterocycles. The fourth-order valence-corrected chi connectivity index (χ4v) is 1.40. The first-order valence-corrected chi connectivity index (χ1v) is 5.44. The van der Waals surface area contributed by atoms with Crippen LogP contribution in [0.2, 0.25) is 0 Å². The van der Waals surface area contributed by atoms with Crippen LogP contribution in [0.5, 0.6) is 5.75 Å². The van der Waals surface area contributed by atoms with Crippen molar-refractivity contribution < 1.29 is 242 Å². The van der Waals surface area contributed by atoms with Gasteiger partial charge in [-0.3, -0.25) is 0 Å². The van der Waals surface area contributed by atoms with Crippen molar-refractivity contribution in [1.29, 1.82) is 0 Å². The molecule has 94 valence electrons. The predicted octanol–water partition coefficient (Wildman–Crippen LogP) is -9.92. The van der Waals surface area contributed by atoms with Gasteiger partial charge in [0.2, 0.25) is 0 Å². The Bertz CT molecular complexity index is 567. The van der Waals surface area contributed by atoms with Gasteiger partial charge in [-0.2, -0.15) is 38.0 Å². The van der Waals surface area contributed by atoms with Crippen LogP contribution in [0.15, 0.2) is 24.4 Å². The van der Waals surface area contributed by atoms with Crippen LogP contribution >= 0.6 is 0 Å². The Hall–Kier alpha value is 4.99. The van der Waals surface area contributed by atoms with Gasteiger partial charge in [0.15, 0.2) is 0 Å². The fourth-order valence-electron chi connectivity index (χ4n) is 1.40. The molecule has 0 spiro atoms. The molecule has 0 aliphatic carbocycles. The Balaban J connectivity index is -0.000000902. The van der Waals surface area contributed by atoms with E-state index in [1.54, 1.807) is 38.2 Å². The smallest absolute Gasteiger partial charge is 0.691 e. The summed E-state index contributed by atoms with van der Waals surface area (Å²) in [6, 6.07) is 11.9. The van der Waals surface area contributed by atoms with Crippen LogP contribution in [-0.4, -0.2) is 10.9 Å². The standard InChI is InChI=1S/C14H12N2O2.4Rb/c1-10(2)16-14(17)9-18-12-5-6-13-11(8-12)4-3-7-15-13;;;;/h4-5,7-9H,1-2H3,(H,16,17);;;;/q-4;4*+1. The van der Waals surface area contributed by atoms with Gasteiger partial charge in [0.25, 0.3) is 0 Å². The molecule has 0 saturated heterocycles. The van der Waals surface area contributed by atoms with Crippen LogP contribution < -0.4 is 243 Å². The zero-order chi connectivity index (χ0) is 13.0. The Morgan fingerprint density at radius 2 is 1.95 bits per heavy atom. The summed E-state index contributed by atoms with van der Waals surface area (Å²) in [6.07, 6.45) is 1.58. The molecule has 2 rings (SSSR count). The van der Waals surface area contributed by atoms with Crippen molar-refractivity contribution in [3.63, 3.8) is 0 Å². The maximum atomic E-state index is 11.3. The van der Waals surface area contributed by atoms with E-state index in [2.05, 4.69) is 22.4 Å². The van der Waals surface area contributed by atoms with Crippen LogP contribution in [0, 0.1) is 24.8 Å². The van der Waals surface area contributed by atoms with E-state index in [1.807, 2.05) is 0 Å². The van der Waals surface area contributed by atoms with Crippen molar-refractivity contribution >= 4 is 16.8 Å². The molecule has 0 atom stereocenters. The van der Waals surface area contributed by atoms with Crippen molar-refractivity contribution in [3.8, 4) is 5.75 Å². The zero-order valence-corrected chi connectivity index (χ0v) is 33.8. The molecule has 0 radical (unpaired) electrons. The second kappa shape index (κ2) is 18.0. The van der Waals surface area contributed by atoms with Crippen molar-refractivity contribution in [2.45, 2.75) is 13.8 Å². The topological polar surface area (TPSA) is 51.2 Å². The van der Waals surface area contributed by atoms with Crippen LogP contribution in [0.3, 0.4) is 0 Å². The number of hydrogen-bond acceptors (Lipinski definition) is 3. The summed E-state index contributed by atoms with van der Waals surface area (Å²) in [5.41, 5.74) is 0.739. The fraction of sp³-hybridized carbons (Fsp3) is 0.143. The third-order valence-electron chi connectivity index (χ3n) is 2.10. The number of carbonyl (C=O) groups excluding carboxylic acids is 1. The summed E-state index contributed by atoms with van der Waals surface area (Å²) >= 11 is 0. The second-order valence-corrected chi connectivity index (χ2v) is 3.93. The molecule has 1 aromatic carbocycles. The Kier molecular flexibility index (Phi) is 26.0. The van der Waals surface area contributed by atoms with E-state index in [9.17, 15) is 4.79 Å². The SMILES string of the molecule is C[C-](C)NC(=O)[CH-]Oc1c[c-]c2nc[c-]cc2c1.[Rb+].[Rb+].[Rb+].[Rb+]. The molecule has 0 saturated carbocycles. The molecule has 8 heteroatoms. The second-order valence-electron chi connectivity index (χ2n) is 3.93. The van der Waals surface area contributed by atoms with Crippen molar-refractivity contribution in [3.05, 3.63) is 49.2 Å². The van der Waals surface area contributed by atoms with E-state index < -0.39 is 0 Å². The number of pyridine rings is 1. The van der Waals surface area contributed by atoms with Gasteiger partial charge in [0, 0.05) is 0 Å². The minimum absolute atomic E-state index is 0. The van der Waals surface area contributed by atoms with Gasteiger partial charge in [-0.15, -0.1) is 6.07 Å². The summed E-state index contributed by atoms with van der Waals surface area (Å²) in [7, 11) is 0. The summed E-state index contributed by atoms with van der Waals surface area (Å²) in [5.74, 6) is 0.237. The third kappa shape index (κ3) is 12.4. The van der Waals surface area contributed by atoms with Gasteiger partial charge in [-0.05, 0) is 5.75 Å². The molecular formula is C14H12N2O2Rb4. The average Bonchev–Trinajstić information content (AvgIpc) is 2.35. The molecule has 22 heavy (non-hydrogen) atoms. The molecule has 0 unspecified atom stereocenters. The van der Waals surface area contributed by atoms with E-state index in [1.165, 1.54) is 0 Å². The summed E-state index contributed by atoms with van der Waals surface area (Å²) < 4.78 is 5.25. The number of nitrogens with one attached hydrogen (secondary N) is 1. The van der Waals surface area contributed by atoms with E-state index in [-0.39, 0.29) is 239 Å². The number of benzene rings is 1. The molecule has 2 aromatic rings. The van der Waals surface area contributed by atoms with E-state index in [0.717, 1.165) is 23.6 Å². The predicted molar refractivity (Wildman–Crippen MR) is 67.1 cm³/mol. The zero-order valence-electron chi connectivity index (χ0n) is 14.2. The van der Waals surface area contributed by atoms with Gasteiger partial charge in [0.1, 0.15) is 0 Å². The van der Waals surface area contributed by atoms with Gasteiger partial charge in [-0.1, -0.05) is 11.7 Å². The molecule has 0 fully saturated rings. The minimum Gasteiger partial charge on any atom is -0.691 e. The Morgan fingerprint density at radius 3 is 2.59 bits per heavy atom. The van der Waals surface area contributed by atoms with Crippen molar-refractivity contribution in [2.75, 3.05) is 0 Å². The molecule has 0 aliphatic rings. The van der Waals surface area contributed by atoms with Crippen LogP contribution in [0.25, 0.3) is 10.9 Å². The van der Waals surface area contributed by atoms with Crippen LogP contribution in [-0.2, 0) is 4.79 Å². The molecule has 1 amide bonds. The Morgan fingerprint density at radius 1 is 1.27 bits per heavy atom. The first-order valence-electron chi connectivity index (χ1n) is 5.44. The molecule has 1 heterocycles. The summed E-state index contributed by atoms with van der Waals surface area (Å²) in [4.78, 5) is 15.4. The number of fused-ring (bicyclic) bond motifs is 1. The summed E-state index contributed by atoms with van der Waals surface area (Å²) in [5, 5.41) is 3.48. The van der Waals surface area contributed by atoms with Crippen LogP contribution in [0.4, 0.5) is 0 Å². The van der Waals surface area contributed by atoms with Gasteiger partial charge in [-0.25, -0.2) is 18.2 Å². The van der Waals surface area contributed by atoms with Gasteiger partial charge in [0.05, 0.1) is 5.91 Å². The van der Waals surface area contributed by atoms with E-state index in [4.69, 9.17) is 4.74 Å². The molecular weight excluding hydrogens is 570 g/mol. The average molecular weight is 582 g/mol. The Labute approximate surface area is 327 Å². The molecule has 0 bridgehead atoms. The minimum atomic E-state index is -0.298. The quantitative estimate of drug-likeness (QED) is 0.365. The number of ether oxygens (including phenoxy) is 1. The van der Waals surface area contributed by atoms with Crippen molar-refractivity contribution in [1.82, 2.24) is 10.3 Å². The largest absolute Gasteiger partial charge is 1.00 e. The van der Waals surface area contributed by atoms with E-state index >= 15 is 0 Å². The maximum absolute atomic E-state index is 11.3. The normalized spacial score (nSPS) is 8.50. The maximum Gasteiger partial charge on any atom is 1.00 e. The van der Waals surface area contributed by atoms with Gasteiger partial charge >= 0.3 is 233 Å².